The highest BCUT2D eigenvalue weighted by atomic mass is 16.4. The summed E-state index contributed by atoms with van der Waals surface area (Å²) in [7, 11) is 4.02. The van der Waals surface area contributed by atoms with Crippen LogP contribution in [0.4, 0.5) is 11.8 Å². The van der Waals surface area contributed by atoms with Crippen LogP contribution < -0.4 is 18.9 Å². The number of aryl methyl sites for hydroxylation is 2. The van der Waals surface area contributed by atoms with Crippen molar-refractivity contribution in [3.8, 4) is 12.1 Å². The molecule has 0 saturated heterocycles. The molecule has 5 rings (SSSR count). The van der Waals surface area contributed by atoms with E-state index >= 15 is 0 Å². The Kier molecular flexibility index (Phi) is 18.3. The van der Waals surface area contributed by atoms with Crippen molar-refractivity contribution < 1.29 is 18.0 Å². The van der Waals surface area contributed by atoms with Gasteiger partial charge in [0.05, 0.1) is 10.8 Å². The quantitative estimate of drug-likeness (QED) is 0.0408. The second-order valence-corrected chi connectivity index (χ2v) is 16.5. The number of nitrogens with zero attached hydrogens (tertiary/aromatic N) is 6. The first-order valence-corrected chi connectivity index (χ1v) is 23.0. The Balaban J connectivity index is 1.84. The van der Waals surface area contributed by atoms with E-state index in [1.807, 2.05) is 48.0 Å². The molecule has 4 aromatic heterocycles. The summed E-state index contributed by atoms with van der Waals surface area (Å²) in [5.74, 6) is 1.23. The fourth-order valence-electron chi connectivity index (χ4n) is 8.08. The van der Waals surface area contributed by atoms with Crippen molar-refractivity contribution in [2.24, 2.45) is 14.1 Å². The molecule has 8 nitrogen and oxygen atoms in total. The minimum atomic E-state index is 0.519. The van der Waals surface area contributed by atoms with Crippen molar-refractivity contribution in [1.82, 2.24) is 0 Å². The number of unbranched alkanes of at least 4 members (excludes halogenated alkanes) is 12. The van der Waals surface area contributed by atoms with Gasteiger partial charge in [-0.05, 0) is 49.0 Å². The molecule has 0 amide bonds. The first-order chi connectivity index (χ1) is 29.4. The number of aromatic nitrogens is 2. The number of hydrogen-bond donors (Lipinski definition) is 0. The second-order valence-electron chi connectivity index (χ2n) is 16.5. The third-order valence-corrected chi connectivity index (χ3v) is 11.6. The molecular formula is C52H70N6O2+2. The lowest BCUT2D eigenvalue weighted by Crippen LogP contribution is -2.26. The topological polar surface area (TPSA) is 88.1 Å². The van der Waals surface area contributed by atoms with E-state index in [0.29, 0.717) is 34.1 Å². The van der Waals surface area contributed by atoms with Crippen LogP contribution in [0.3, 0.4) is 0 Å². The SMILES string of the molecule is CCCCCCN(CCCCCC)c1oc2c(/C=C/c3cc[n+](C)cc3)c3c(C#N)c(N(CCCCCC)CCCCCC)oc3c(/C=C/c3cc[n+](C)cc3)c2c1C#N. The number of benzene rings is 1. The van der Waals surface area contributed by atoms with Crippen LogP contribution in [0.15, 0.2) is 57.9 Å². The normalized spacial score (nSPS) is 11.7. The van der Waals surface area contributed by atoms with E-state index in [1.54, 1.807) is 0 Å². The van der Waals surface area contributed by atoms with Gasteiger partial charge in [0.15, 0.2) is 24.8 Å². The second kappa shape index (κ2) is 24.0. The summed E-state index contributed by atoms with van der Waals surface area (Å²) in [6, 6.07) is 13.6. The largest absolute Gasteiger partial charge is 0.438 e. The van der Waals surface area contributed by atoms with Crippen LogP contribution in [-0.4, -0.2) is 26.2 Å². The molecule has 0 aliphatic heterocycles. The van der Waals surface area contributed by atoms with Gasteiger partial charge in [0.25, 0.3) is 0 Å². The Morgan fingerprint density at radius 1 is 0.483 bits per heavy atom. The van der Waals surface area contributed by atoms with Gasteiger partial charge in [0.2, 0.25) is 11.8 Å². The van der Waals surface area contributed by atoms with Crippen LogP contribution in [-0.2, 0) is 14.1 Å². The first kappa shape index (κ1) is 45.7. The summed E-state index contributed by atoms with van der Waals surface area (Å²) in [4.78, 5) is 4.62. The fourth-order valence-corrected chi connectivity index (χ4v) is 8.08. The molecular weight excluding hydrogens is 741 g/mol. The number of fused-ring (bicyclic) bond motifs is 2. The zero-order valence-corrected chi connectivity index (χ0v) is 37.6. The lowest BCUT2D eigenvalue weighted by Gasteiger charge is -2.22. The van der Waals surface area contributed by atoms with Gasteiger partial charge in [-0.25, -0.2) is 9.13 Å². The van der Waals surface area contributed by atoms with Gasteiger partial charge in [0, 0.05) is 61.6 Å². The standard InChI is InChI=1S/C52H70N6O2/c1-7-11-15-19-31-57(32-20-16-12-8-2)51-45(39-53)47-43(25-23-41-27-35-55(5)36-28-41)50-48(44(49(47)59-51)26-24-42-29-37-56(6)38-30-42)46(40-54)52(60-50)58(33-21-17-13-9-3)34-22-18-14-10-4/h23-30,35-38H,7-22,31-34H2,1-6H3/q+2. The molecule has 1 aromatic carbocycles. The third-order valence-electron chi connectivity index (χ3n) is 11.6. The number of nitriles is 2. The maximum absolute atomic E-state index is 11.2. The van der Waals surface area contributed by atoms with Crippen molar-refractivity contribution >= 4 is 58.0 Å². The predicted octanol–water partition coefficient (Wildman–Crippen LogP) is 12.8. The number of pyridine rings is 2. The Labute approximate surface area is 360 Å². The summed E-state index contributed by atoms with van der Waals surface area (Å²) in [6.45, 7) is 12.2. The lowest BCUT2D eigenvalue weighted by molar-refractivity contribution is -0.671. The summed E-state index contributed by atoms with van der Waals surface area (Å²) in [5.41, 5.74) is 5.83. The molecule has 0 saturated carbocycles. The Bertz CT molecular complexity index is 2050. The van der Waals surface area contributed by atoms with Crippen LogP contribution in [0.1, 0.15) is 164 Å². The Morgan fingerprint density at radius 2 is 0.800 bits per heavy atom. The van der Waals surface area contributed by atoms with Gasteiger partial charge >= 0.3 is 0 Å². The van der Waals surface area contributed by atoms with Crippen molar-refractivity contribution in [3.05, 3.63) is 82.4 Å². The monoisotopic (exact) mass is 811 g/mol. The van der Waals surface area contributed by atoms with E-state index in [0.717, 1.165) is 136 Å². The van der Waals surface area contributed by atoms with Gasteiger partial charge in [-0.15, -0.1) is 0 Å². The van der Waals surface area contributed by atoms with Gasteiger partial charge in [-0.3, -0.25) is 0 Å². The Hall–Kier alpha value is -5.34. The summed E-state index contributed by atoms with van der Waals surface area (Å²) >= 11 is 0. The molecule has 0 aliphatic carbocycles. The average Bonchev–Trinajstić information content (AvgIpc) is 3.84. The summed E-state index contributed by atoms with van der Waals surface area (Å²) < 4.78 is 18.3. The van der Waals surface area contributed by atoms with Crippen molar-refractivity contribution in [2.45, 2.75) is 130 Å². The maximum Gasteiger partial charge on any atom is 0.214 e. The first-order valence-electron chi connectivity index (χ1n) is 23.0. The molecule has 0 unspecified atom stereocenters. The molecule has 318 valence electrons. The van der Waals surface area contributed by atoms with E-state index in [-0.39, 0.29) is 0 Å². The number of furan rings is 2. The number of rotatable bonds is 26. The summed E-state index contributed by atoms with van der Waals surface area (Å²) in [5, 5.41) is 23.9. The van der Waals surface area contributed by atoms with E-state index in [1.165, 1.54) is 25.7 Å². The molecule has 0 radical (unpaired) electrons. The minimum absolute atomic E-state index is 0.519. The highest BCUT2D eigenvalue weighted by Gasteiger charge is 2.31. The van der Waals surface area contributed by atoms with Crippen LogP contribution >= 0.6 is 0 Å². The molecule has 0 bridgehead atoms. The molecule has 8 heteroatoms. The van der Waals surface area contributed by atoms with Crippen molar-refractivity contribution in [1.29, 1.82) is 10.5 Å². The fraction of sp³-hybridized carbons (Fsp3) is 0.500. The maximum atomic E-state index is 11.2. The molecule has 5 aromatic rings. The average molecular weight is 811 g/mol. The van der Waals surface area contributed by atoms with Gasteiger partial charge in [-0.1, -0.05) is 117 Å². The van der Waals surface area contributed by atoms with Gasteiger partial charge in [0.1, 0.15) is 48.5 Å². The van der Waals surface area contributed by atoms with Gasteiger partial charge in [-0.2, -0.15) is 10.5 Å². The smallest absolute Gasteiger partial charge is 0.214 e. The number of hydrogen-bond acceptors (Lipinski definition) is 6. The Morgan fingerprint density at radius 3 is 1.08 bits per heavy atom. The molecule has 4 heterocycles. The van der Waals surface area contributed by atoms with Crippen molar-refractivity contribution in [3.63, 3.8) is 0 Å². The van der Waals surface area contributed by atoms with E-state index in [9.17, 15) is 10.5 Å². The zero-order chi connectivity index (χ0) is 42.7. The number of anilines is 2. The lowest BCUT2D eigenvalue weighted by atomic mass is 9.95. The van der Waals surface area contributed by atoms with Crippen LogP contribution in [0.2, 0.25) is 0 Å². The van der Waals surface area contributed by atoms with E-state index in [2.05, 4.69) is 98.2 Å². The van der Waals surface area contributed by atoms with E-state index in [4.69, 9.17) is 8.83 Å². The van der Waals surface area contributed by atoms with Crippen LogP contribution in [0.5, 0.6) is 0 Å². The molecule has 0 spiro atoms. The van der Waals surface area contributed by atoms with Gasteiger partial charge < -0.3 is 18.6 Å². The molecule has 0 fully saturated rings. The molecule has 0 aliphatic rings. The molecule has 60 heavy (non-hydrogen) atoms. The highest BCUT2D eigenvalue weighted by molar-refractivity contribution is 6.16. The predicted molar refractivity (Wildman–Crippen MR) is 250 cm³/mol. The summed E-state index contributed by atoms with van der Waals surface area (Å²) in [6.07, 6.45) is 34.4. The minimum Gasteiger partial charge on any atom is -0.438 e. The zero-order valence-electron chi connectivity index (χ0n) is 37.6. The molecule has 0 atom stereocenters. The highest BCUT2D eigenvalue weighted by Crippen LogP contribution is 2.47. The van der Waals surface area contributed by atoms with Crippen LogP contribution in [0, 0.1) is 22.7 Å². The van der Waals surface area contributed by atoms with E-state index < -0.39 is 0 Å². The van der Waals surface area contributed by atoms with Crippen LogP contribution in [0.25, 0.3) is 46.2 Å². The third kappa shape index (κ3) is 11.9. The molecule has 0 N–H and O–H groups in total. The van der Waals surface area contributed by atoms with Crippen molar-refractivity contribution in [2.75, 3.05) is 36.0 Å².